The van der Waals surface area contributed by atoms with Gasteiger partial charge in [-0.15, -0.1) is 0 Å². The van der Waals surface area contributed by atoms with Crippen LogP contribution in [0, 0.1) is 0 Å². The number of primary amides is 1. The number of nitrogens with one attached hydrogen (secondary N) is 2. The normalized spacial score (nSPS) is 13.7. The molecule has 0 rings (SSSR count). The molecule has 0 aromatic carbocycles. The average molecular weight is 238 g/mol. The van der Waals surface area contributed by atoms with E-state index in [1.54, 1.807) is 0 Å². The monoisotopic (exact) mass is 238 g/mol. The lowest BCUT2D eigenvalue weighted by molar-refractivity contribution is -0.120. The second kappa shape index (κ2) is 6.72. The van der Waals surface area contributed by atoms with Gasteiger partial charge in [-0.05, 0) is 19.4 Å². The third-order valence-corrected chi connectivity index (χ3v) is 2.20. The Morgan fingerprint density at radius 3 is 2.40 bits per heavy atom. The number of amides is 1. The van der Waals surface area contributed by atoms with E-state index < -0.39 is 22.0 Å². The highest BCUT2D eigenvalue weighted by Crippen LogP contribution is 1.98. The smallest absolute Gasteiger partial charge is 0.235 e. The summed E-state index contributed by atoms with van der Waals surface area (Å²) in [7, 11) is -3.38. The van der Waals surface area contributed by atoms with Crippen molar-refractivity contribution in [1.29, 1.82) is 0 Å². The molecular formula is C7H18N4O3S. The zero-order chi connectivity index (χ0) is 11.9. The quantitative estimate of drug-likeness (QED) is 0.288. The van der Waals surface area contributed by atoms with Gasteiger partial charge in [0.1, 0.15) is 6.04 Å². The maximum atomic E-state index is 10.9. The first-order chi connectivity index (χ1) is 6.87. The van der Waals surface area contributed by atoms with Gasteiger partial charge in [0.15, 0.2) is 0 Å². The van der Waals surface area contributed by atoms with Gasteiger partial charge >= 0.3 is 0 Å². The Balaban J connectivity index is 4.00. The van der Waals surface area contributed by atoms with E-state index in [-0.39, 0.29) is 0 Å². The summed E-state index contributed by atoms with van der Waals surface area (Å²) in [5, 5.41) is 0. The second-order valence-electron chi connectivity index (χ2n) is 3.26. The van der Waals surface area contributed by atoms with Gasteiger partial charge < -0.3 is 11.5 Å². The van der Waals surface area contributed by atoms with Crippen molar-refractivity contribution in [1.82, 2.24) is 10.3 Å². The highest BCUT2D eigenvalue weighted by Gasteiger charge is 2.15. The molecule has 0 aromatic heterocycles. The summed E-state index contributed by atoms with van der Waals surface area (Å²) < 4.78 is 21.5. The van der Waals surface area contributed by atoms with Crippen molar-refractivity contribution in [2.75, 3.05) is 12.8 Å². The fourth-order valence-corrected chi connectivity index (χ4v) is 1.31. The van der Waals surface area contributed by atoms with Crippen molar-refractivity contribution >= 4 is 15.9 Å². The maximum absolute atomic E-state index is 10.9. The van der Waals surface area contributed by atoms with Gasteiger partial charge in [0, 0.05) is 0 Å². The van der Waals surface area contributed by atoms with Crippen molar-refractivity contribution in [3.63, 3.8) is 0 Å². The minimum absolute atomic E-state index is 0.453. The summed E-state index contributed by atoms with van der Waals surface area (Å²) >= 11 is 0. The SMILES string of the molecule is CS(=O)(=O)NN[C@@H](CCCCN)C(N)=O. The van der Waals surface area contributed by atoms with Crippen LogP contribution in [0.4, 0.5) is 0 Å². The van der Waals surface area contributed by atoms with Crippen molar-refractivity contribution < 1.29 is 13.2 Å². The third kappa shape index (κ3) is 8.30. The molecule has 0 saturated heterocycles. The number of hydrogen-bond acceptors (Lipinski definition) is 5. The van der Waals surface area contributed by atoms with E-state index in [2.05, 4.69) is 5.43 Å². The lowest BCUT2D eigenvalue weighted by Gasteiger charge is -2.14. The largest absolute Gasteiger partial charge is 0.368 e. The van der Waals surface area contributed by atoms with Crippen molar-refractivity contribution in [2.45, 2.75) is 25.3 Å². The van der Waals surface area contributed by atoms with Crippen LogP contribution >= 0.6 is 0 Å². The van der Waals surface area contributed by atoms with E-state index >= 15 is 0 Å². The standard InChI is InChI=1S/C7H18N4O3S/c1-15(13,14)11-10-6(7(9)12)4-2-3-5-8/h6,10-11H,2-5,8H2,1H3,(H2,9,12)/t6-/m0/s1. The lowest BCUT2D eigenvalue weighted by Crippen LogP contribution is -2.50. The fraction of sp³-hybridized carbons (Fsp3) is 0.857. The second-order valence-corrected chi connectivity index (χ2v) is 5.01. The van der Waals surface area contributed by atoms with E-state index in [9.17, 15) is 13.2 Å². The summed E-state index contributed by atoms with van der Waals surface area (Å²) in [5.74, 6) is -0.594. The van der Waals surface area contributed by atoms with Gasteiger partial charge in [-0.1, -0.05) is 6.42 Å². The third-order valence-electron chi connectivity index (χ3n) is 1.71. The molecule has 8 heteroatoms. The number of carbonyl (C=O) groups excluding carboxylic acids is 1. The number of carbonyl (C=O) groups is 1. The van der Waals surface area contributed by atoms with Crippen LogP contribution in [0.1, 0.15) is 19.3 Å². The number of hydrazine groups is 1. The molecule has 90 valence electrons. The highest BCUT2D eigenvalue weighted by atomic mass is 32.2. The Hall–Kier alpha value is -0.700. The number of nitrogens with two attached hydrogens (primary N) is 2. The molecule has 0 aliphatic carbocycles. The summed E-state index contributed by atoms with van der Waals surface area (Å²) in [6.07, 6.45) is 2.92. The molecule has 15 heavy (non-hydrogen) atoms. The first kappa shape index (κ1) is 14.3. The number of unbranched alkanes of at least 4 members (excludes halogenated alkanes) is 1. The first-order valence-electron chi connectivity index (χ1n) is 4.58. The first-order valence-corrected chi connectivity index (χ1v) is 6.47. The summed E-state index contributed by atoms with van der Waals surface area (Å²) in [4.78, 5) is 12.9. The van der Waals surface area contributed by atoms with E-state index in [0.717, 1.165) is 12.7 Å². The van der Waals surface area contributed by atoms with E-state index in [4.69, 9.17) is 11.5 Å². The minimum atomic E-state index is -3.38. The van der Waals surface area contributed by atoms with Crippen LogP contribution < -0.4 is 21.7 Å². The molecule has 0 radical (unpaired) electrons. The Kier molecular flexibility index (Phi) is 6.41. The van der Waals surface area contributed by atoms with Gasteiger partial charge in [0.2, 0.25) is 15.9 Å². The molecule has 0 saturated carbocycles. The summed E-state index contributed by atoms with van der Waals surface area (Å²) in [5.41, 5.74) is 12.7. The summed E-state index contributed by atoms with van der Waals surface area (Å²) in [6, 6.07) is -0.703. The van der Waals surface area contributed by atoms with Crippen molar-refractivity contribution in [3.8, 4) is 0 Å². The lowest BCUT2D eigenvalue weighted by atomic mass is 10.1. The Bertz CT molecular complexity index is 291. The molecule has 0 unspecified atom stereocenters. The fourth-order valence-electron chi connectivity index (χ4n) is 0.957. The van der Waals surface area contributed by atoms with Crippen LogP contribution in [0.3, 0.4) is 0 Å². The molecule has 6 N–H and O–H groups in total. The van der Waals surface area contributed by atoms with Gasteiger partial charge in [-0.25, -0.2) is 13.8 Å². The molecular weight excluding hydrogens is 220 g/mol. The molecule has 1 amide bonds. The van der Waals surface area contributed by atoms with Gasteiger partial charge in [-0.3, -0.25) is 4.79 Å². The van der Waals surface area contributed by atoms with E-state index in [1.165, 1.54) is 0 Å². The molecule has 0 bridgehead atoms. The van der Waals surface area contributed by atoms with Gasteiger partial charge in [0.25, 0.3) is 0 Å². The van der Waals surface area contributed by atoms with Crippen LogP contribution in [0.5, 0.6) is 0 Å². The predicted molar refractivity (Wildman–Crippen MR) is 57.0 cm³/mol. The van der Waals surface area contributed by atoms with Crippen LogP contribution in [0.15, 0.2) is 0 Å². The molecule has 0 aliphatic heterocycles. The average Bonchev–Trinajstić information content (AvgIpc) is 2.08. The zero-order valence-corrected chi connectivity index (χ0v) is 9.51. The number of rotatable bonds is 8. The minimum Gasteiger partial charge on any atom is -0.368 e. The van der Waals surface area contributed by atoms with Crippen molar-refractivity contribution in [3.05, 3.63) is 0 Å². The Morgan fingerprint density at radius 2 is 2.00 bits per heavy atom. The van der Waals surface area contributed by atoms with E-state index in [0.29, 0.717) is 19.4 Å². The zero-order valence-electron chi connectivity index (χ0n) is 8.69. The topological polar surface area (TPSA) is 127 Å². The maximum Gasteiger partial charge on any atom is 0.235 e. The van der Waals surface area contributed by atoms with Crippen LogP contribution in [0.2, 0.25) is 0 Å². The van der Waals surface area contributed by atoms with E-state index in [1.807, 2.05) is 4.83 Å². The molecule has 0 spiro atoms. The summed E-state index contributed by atoms with van der Waals surface area (Å²) in [6.45, 7) is 0.533. The number of sulfonamides is 1. The molecule has 1 atom stereocenters. The highest BCUT2D eigenvalue weighted by molar-refractivity contribution is 7.88. The van der Waals surface area contributed by atoms with Crippen molar-refractivity contribution in [2.24, 2.45) is 11.5 Å². The molecule has 0 aromatic rings. The van der Waals surface area contributed by atoms with Gasteiger partial charge in [-0.2, -0.15) is 4.83 Å². The predicted octanol–water partition coefficient (Wildman–Crippen LogP) is -1.98. The van der Waals surface area contributed by atoms with Gasteiger partial charge in [0.05, 0.1) is 6.26 Å². The van der Waals surface area contributed by atoms with Crippen LogP contribution in [0.25, 0.3) is 0 Å². The Morgan fingerprint density at radius 1 is 1.40 bits per heavy atom. The molecule has 0 fully saturated rings. The Labute approximate surface area is 89.6 Å². The molecule has 0 heterocycles. The molecule has 7 nitrogen and oxygen atoms in total. The van der Waals surface area contributed by atoms with Crippen LogP contribution in [-0.2, 0) is 14.8 Å². The van der Waals surface area contributed by atoms with Crippen LogP contribution in [-0.4, -0.2) is 33.2 Å². The number of hydrogen-bond donors (Lipinski definition) is 4. The molecule has 0 aliphatic rings.